The summed E-state index contributed by atoms with van der Waals surface area (Å²) in [6, 6.07) is 4.57. The minimum Gasteiger partial charge on any atom is -0.451 e. The lowest BCUT2D eigenvalue weighted by molar-refractivity contribution is 0.00695. The lowest BCUT2D eigenvalue weighted by Crippen LogP contribution is -2.64. The van der Waals surface area contributed by atoms with Crippen LogP contribution in [0.15, 0.2) is 33.5 Å². The Labute approximate surface area is 176 Å². The van der Waals surface area contributed by atoms with Crippen molar-refractivity contribution < 1.29 is 18.4 Å². The Hall–Kier alpha value is -2.78. The van der Waals surface area contributed by atoms with Crippen molar-refractivity contribution in [1.82, 2.24) is 19.7 Å². The molecule has 156 valence electrons. The number of furan rings is 1. The number of amides is 2. The Morgan fingerprint density at radius 1 is 1.13 bits per heavy atom. The van der Waals surface area contributed by atoms with E-state index in [0.29, 0.717) is 48.4 Å². The van der Waals surface area contributed by atoms with Gasteiger partial charge in [0.05, 0.1) is 5.51 Å². The van der Waals surface area contributed by atoms with Crippen LogP contribution in [0.25, 0.3) is 11.0 Å². The van der Waals surface area contributed by atoms with E-state index in [1.807, 2.05) is 4.90 Å². The van der Waals surface area contributed by atoms with Crippen molar-refractivity contribution in [1.29, 1.82) is 0 Å². The average molecular weight is 428 g/mol. The number of hydrogen-bond donors (Lipinski definition) is 0. The van der Waals surface area contributed by atoms with E-state index in [9.17, 15) is 14.0 Å². The number of thiazole rings is 1. The Kier molecular flexibility index (Phi) is 4.79. The van der Waals surface area contributed by atoms with E-state index in [4.69, 9.17) is 4.42 Å². The predicted molar refractivity (Wildman–Crippen MR) is 110 cm³/mol. The molecule has 7 nitrogen and oxygen atoms in total. The van der Waals surface area contributed by atoms with Crippen molar-refractivity contribution >= 4 is 34.1 Å². The number of piperazine rings is 1. The SMILES string of the molecule is Cc1c(C(=O)N2CC(N3CCN(C(=O)c4cscn4)CC3)C2)oc2ccc(F)cc12. The van der Waals surface area contributed by atoms with E-state index in [1.54, 1.807) is 28.8 Å². The van der Waals surface area contributed by atoms with Crippen LogP contribution in [-0.4, -0.2) is 76.8 Å². The molecule has 2 aromatic heterocycles. The van der Waals surface area contributed by atoms with Crippen LogP contribution in [-0.2, 0) is 0 Å². The van der Waals surface area contributed by atoms with Crippen molar-refractivity contribution in [3.63, 3.8) is 0 Å². The summed E-state index contributed by atoms with van der Waals surface area (Å²) in [6.45, 7) is 5.93. The van der Waals surface area contributed by atoms with Gasteiger partial charge in [-0.3, -0.25) is 14.5 Å². The number of aryl methyl sites for hydroxylation is 1. The molecule has 5 rings (SSSR count). The second-order valence-corrected chi connectivity index (χ2v) is 8.48. The van der Waals surface area contributed by atoms with Crippen molar-refractivity contribution in [3.8, 4) is 0 Å². The maximum Gasteiger partial charge on any atom is 0.289 e. The molecule has 0 N–H and O–H groups in total. The van der Waals surface area contributed by atoms with E-state index >= 15 is 0 Å². The summed E-state index contributed by atoms with van der Waals surface area (Å²) in [5.41, 5.74) is 3.38. The molecule has 2 amide bonds. The fourth-order valence-electron chi connectivity index (χ4n) is 4.16. The fourth-order valence-corrected chi connectivity index (χ4v) is 4.69. The number of benzene rings is 1. The highest BCUT2D eigenvalue weighted by molar-refractivity contribution is 7.07. The van der Waals surface area contributed by atoms with Crippen LogP contribution in [0.4, 0.5) is 4.39 Å². The van der Waals surface area contributed by atoms with Gasteiger partial charge in [-0.1, -0.05) is 0 Å². The summed E-state index contributed by atoms with van der Waals surface area (Å²) in [5.74, 6) is -0.231. The molecule has 2 fully saturated rings. The van der Waals surface area contributed by atoms with Gasteiger partial charge in [0, 0.05) is 61.6 Å². The van der Waals surface area contributed by atoms with E-state index in [1.165, 1.54) is 23.5 Å². The van der Waals surface area contributed by atoms with Gasteiger partial charge in [-0.05, 0) is 25.1 Å². The molecule has 4 heterocycles. The van der Waals surface area contributed by atoms with E-state index in [2.05, 4.69) is 9.88 Å². The first kappa shape index (κ1) is 19.2. The summed E-state index contributed by atoms with van der Waals surface area (Å²) in [5, 5.41) is 2.41. The van der Waals surface area contributed by atoms with Gasteiger partial charge in [-0.25, -0.2) is 9.37 Å². The summed E-state index contributed by atoms with van der Waals surface area (Å²) in [7, 11) is 0. The average Bonchev–Trinajstić information content (AvgIpc) is 3.36. The molecule has 2 aliphatic heterocycles. The minimum atomic E-state index is -0.346. The summed E-state index contributed by atoms with van der Waals surface area (Å²) in [6.07, 6.45) is 0. The van der Waals surface area contributed by atoms with Crippen molar-refractivity contribution in [3.05, 3.63) is 51.9 Å². The van der Waals surface area contributed by atoms with Gasteiger partial charge in [0.25, 0.3) is 11.8 Å². The predicted octanol–water partition coefficient (Wildman–Crippen LogP) is 2.62. The van der Waals surface area contributed by atoms with Gasteiger partial charge >= 0.3 is 0 Å². The van der Waals surface area contributed by atoms with Gasteiger partial charge in [0.2, 0.25) is 0 Å². The molecule has 2 aliphatic rings. The van der Waals surface area contributed by atoms with E-state index in [-0.39, 0.29) is 29.4 Å². The molecule has 30 heavy (non-hydrogen) atoms. The lowest BCUT2D eigenvalue weighted by Gasteiger charge is -2.47. The molecule has 0 unspecified atom stereocenters. The van der Waals surface area contributed by atoms with Crippen molar-refractivity contribution in [2.75, 3.05) is 39.3 Å². The highest BCUT2D eigenvalue weighted by atomic mass is 32.1. The zero-order chi connectivity index (χ0) is 20.8. The minimum absolute atomic E-state index is 0.0156. The van der Waals surface area contributed by atoms with Crippen molar-refractivity contribution in [2.45, 2.75) is 13.0 Å². The second kappa shape index (κ2) is 7.48. The molecule has 0 aliphatic carbocycles. The smallest absolute Gasteiger partial charge is 0.289 e. The summed E-state index contributed by atoms with van der Waals surface area (Å²) < 4.78 is 19.2. The molecule has 9 heteroatoms. The van der Waals surface area contributed by atoms with Crippen LogP contribution >= 0.6 is 11.3 Å². The number of nitrogens with zero attached hydrogens (tertiary/aromatic N) is 4. The molecule has 0 atom stereocenters. The number of fused-ring (bicyclic) bond motifs is 1. The highest BCUT2D eigenvalue weighted by Crippen LogP contribution is 2.29. The first-order valence-electron chi connectivity index (χ1n) is 9.90. The van der Waals surface area contributed by atoms with Crippen LogP contribution in [0.2, 0.25) is 0 Å². The number of carbonyl (C=O) groups excluding carboxylic acids is 2. The number of aromatic nitrogens is 1. The third kappa shape index (κ3) is 3.27. The quantitative estimate of drug-likeness (QED) is 0.642. The molecular weight excluding hydrogens is 407 g/mol. The van der Waals surface area contributed by atoms with Gasteiger partial charge in [0.15, 0.2) is 5.76 Å². The lowest BCUT2D eigenvalue weighted by atomic mass is 10.0. The Bertz CT molecular complexity index is 1100. The third-order valence-electron chi connectivity index (χ3n) is 6.01. The molecule has 0 saturated carbocycles. The zero-order valence-electron chi connectivity index (χ0n) is 16.5. The number of carbonyl (C=O) groups is 2. The normalized spacial score (nSPS) is 18.1. The van der Waals surface area contributed by atoms with Gasteiger partial charge in [0.1, 0.15) is 17.1 Å². The standard InChI is InChI=1S/C21H21FN4O3S/c1-13-16-8-14(22)2-3-18(16)29-19(13)21(28)26-9-15(10-26)24-4-6-25(7-5-24)20(27)17-11-30-12-23-17/h2-3,8,11-12,15H,4-7,9-10H2,1H3. The summed E-state index contributed by atoms with van der Waals surface area (Å²) >= 11 is 1.42. The largest absolute Gasteiger partial charge is 0.451 e. The van der Waals surface area contributed by atoms with Gasteiger partial charge in [-0.2, -0.15) is 0 Å². The van der Waals surface area contributed by atoms with E-state index in [0.717, 1.165) is 13.1 Å². The zero-order valence-corrected chi connectivity index (χ0v) is 17.3. The molecule has 3 aromatic rings. The molecule has 2 saturated heterocycles. The number of hydrogen-bond acceptors (Lipinski definition) is 6. The monoisotopic (exact) mass is 428 g/mol. The molecule has 0 radical (unpaired) electrons. The van der Waals surface area contributed by atoms with E-state index < -0.39 is 0 Å². The van der Waals surface area contributed by atoms with Crippen molar-refractivity contribution in [2.24, 2.45) is 0 Å². The van der Waals surface area contributed by atoms with Crippen LogP contribution in [0, 0.1) is 12.7 Å². The number of halogens is 1. The molecule has 0 spiro atoms. The third-order valence-corrected chi connectivity index (χ3v) is 6.60. The molecular formula is C21H21FN4O3S. The summed E-state index contributed by atoms with van der Waals surface area (Å²) in [4.78, 5) is 35.3. The topological polar surface area (TPSA) is 69.9 Å². The van der Waals surface area contributed by atoms with Crippen LogP contribution in [0.1, 0.15) is 26.6 Å². The van der Waals surface area contributed by atoms with Gasteiger partial charge in [-0.15, -0.1) is 11.3 Å². The molecule has 1 aromatic carbocycles. The maximum atomic E-state index is 13.5. The van der Waals surface area contributed by atoms with Crippen LogP contribution in [0.3, 0.4) is 0 Å². The molecule has 0 bridgehead atoms. The van der Waals surface area contributed by atoms with Crippen LogP contribution < -0.4 is 0 Å². The Morgan fingerprint density at radius 2 is 1.90 bits per heavy atom. The second-order valence-electron chi connectivity index (χ2n) is 7.76. The van der Waals surface area contributed by atoms with Gasteiger partial charge < -0.3 is 14.2 Å². The fraction of sp³-hybridized carbons (Fsp3) is 0.381. The first-order chi connectivity index (χ1) is 14.5. The van der Waals surface area contributed by atoms with Crippen LogP contribution in [0.5, 0.6) is 0 Å². The number of likely N-dealkylation sites (tertiary alicyclic amines) is 1. The number of rotatable bonds is 3. The first-order valence-corrected chi connectivity index (χ1v) is 10.8. The Morgan fingerprint density at radius 3 is 2.60 bits per heavy atom. The Balaban J connectivity index is 1.18. The highest BCUT2D eigenvalue weighted by Gasteiger charge is 2.38. The maximum absolute atomic E-state index is 13.5.